The molecule has 19 heavy (non-hydrogen) atoms. The summed E-state index contributed by atoms with van der Waals surface area (Å²) < 4.78 is 0. The Labute approximate surface area is 119 Å². The van der Waals surface area contributed by atoms with Crippen LogP contribution in [0.2, 0.25) is 0 Å². The van der Waals surface area contributed by atoms with Crippen LogP contribution in [0.3, 0.4) is 0 Å². The number of unbranched alkanes of at least 4 members (excludes halogenated alkanes) is 7. The van der Waals surface area contributed by atoms with E-state index in [1.807, 2.05) is 6.08 Å². The van der Waals surface area contributed by atoms with E-state index in [4.69, 9.17) is 0 Å². The molecule has 1 aliphatic rings. The van der Waals surface area contributed by atoms with Crippen molar-refractivity contribution in [3.8, 4) is 0 Å². The second-order valence-corrected chi connectivity index (χ2v) is 7.01. The lowest BCUT2D eigenvalue weighted by Crippen LogP contribution is -2.21. The molecule has 0 aromatic carbocycles. The van der Waals surface area contributed by atoms with Crippen LogP contribution >= 0.6 is 0 Å². The molecule has 1 nitrogen and oxygen atoms in total. The molecule has 0 aliphatic heterocycles. The maximum Gasteiger partial charge on any atom is 0.156 e. The van der Waals surface area contributed by atoms with Crippen molar-refractivity contribution < 1.29 is 4.79 Å². The first kappa shape index (κ1) is 16.5. The molecule has 0 spiro atoms. The number of allylic oxidation sites excluding steroid dienone is 2. The molecule has 0 saturated carbocycles. The van der Waals surface area contributed by atoms with Gasteiger partial charge in [-0.05, 0) is 30.8 Å². The Kier molecular flexibility index (Phi) is 7.41. The molecule has 1 aliphatic carbocycles. The zero-order valence-electron chi connectivity index (χ0n) is 13.3. The summed E-state index contributed by atoms with van der Waals surface area (Å²) in [6.07, 6.45) is 15.8. The maximum atomic E-state index is 11.6. The molecule has 0 aromatic rings. The summed E-state index contributed by atoms with van der Waals surface area (Å²) in [5.41, 5.74) is 1.59. The van der Waals surface area contributed by atoms with Crippen LogP contribution in [0.25, 0.3) is 0 Å². The normalized spacial score (nSPS) is 18.5. The molecule has 1 rings (SSSR count). The van der Waals surface area contributed by atoms with Gasteiger partial charge in [-0.15, -0.1) is 0 Å². The number of hydrogen-bond acceptors (Lipinski definition) is 1. The topological polar surface area (TPSA) is 17.1 Å². The van der Waals surface area contributed by atoms with Crippen molar-refractivity contribution in [2.75, 3.05) is 0 Å². The largest absolute Gasteiger partial charge is 0.295 e. The van der Waals surface area contributed by atoms with Gasteiger partial charge < -0.3 is 0 Å². The van der Waals surface area contributed by atoms with E-state index in [0.717, 1.165) is 19.3 Å². The minimum atomic E-state index is 0.196. The molecule has 0 atom stereocenters. The molecular formula is C18H32O. The highest BCUT2D eigenvalue weighted by molar-refractivity contribution is 5.91. The maximum absolute atomic E-state index is 11.6. The van der Waals surface area contributed by atoms with Crippen molar-refractivity contribution in [3.63, 3.8) is 0 Å². The third-order valence-corrected chi connectivity index (χ3v) is 4.07. The van der Waals surface area contributed by atoms with Gasteiger partial charge in [-0.2, -0.15) is 0 Å². The van der Waals surface area contributed by atoms with E-state index in [1.165, 1.54) is 56.9 Å². The zero-order chi connectivity index (χ0) is 14.1. The van der Waals surface area contributed by atoms with Crippen molar-refractivity contribution in [1.29, 1.82) is 0 Å². The van der Waals surface area contributed by atoms with Gasteiger partial charge in [0, 0.05) is 6.42 Å². The smallest absolute Gasteiger partial charge is 0.156 e. The van der Waals surface area contributed by atoms with Gasteiger partial charge in [0.05, 0.1) is 0 Å². The van der Waals surface area contributed by atoms with Crippen molar-refractivity contribution in [1.82, 2.24) is 0 Å². The minimum absolute atomic E-state index is 0.196. The van der Waals surface area contributed by atoms with Crippen LogP contribution in [0.1, 0.15) is 91.4 Å². The molecule has 0 heterocycles. The van der Waals surface area contributed by atoms with E-state index in [-0.39, 0.29) is 5.41 Å². The molecule has 0 radical (unpaired) electrons. The van der Waals surface area contributed by atoms with Crippen molar-refractivity contribution >= 4 is 5.78 Å². The summed E-state index contributed by atoms with van der Waals surface area (Å²) in [5.74, 6) is 0.339. The van der Waals surface area contributed by atoms with Gasteiger partial charge in [0.25, 0.3) is 0 Å². The van der Waals surface area contributed by atoms with Gasteiger partial charge in [-0.25, -0.2) is 0 Å². The molecule has 0 saturated heterocycles. The van der Waals surface area contributed by atoms with Crippen LogP contribution in [-0.2, 0) is 4.79 Å². The molecule has 0 unspecified atom stereocenters. The Morgan fingerprint density at radius 3 is 2.11 bits per heavy atom. The first-order chi connectivity index (χ1) is 9.03. The average molecular weight is 264 g/mol. The lowest BCUT2D eigenvalue weighted by atomic mass is 9.76. The number of ketones is 1. The zero-order valence-corrected chi connectivity index (χ0v) is 13.3. The number of carbonyl (C=O) groups excluding carboxylic acids is 1. The molecule has 0 aromatic heterocycles. The Morgan fingerprint density at radius 1 is 0.947 bits per heavy atom. The quantitative estimate of drug-likeness (QED) is 0.479. The van der Waals surface area contributed by atoms with Gasteiger partial charge in [-0.3, -0.25) is 4.79 Å². The summed E-state index contributed by atoms with van der Waals surface area (Å²) in [7, 11) is 0. The average Bonchev–Trinajstić information content (AvgIpc) is 2.30. The Bertz CT molecular complexity index is 299. The molecule has 0 fully saturated rings. The van der Waals surface area contributed by atoms with E-state index in [9.17, 15) is 4.79 Å². The summed E-state index contributed by atoms with van der Waals surface area (Å²) >= 11 is 0. The Balaban J connectivity index is 2.08. The Morgan fingerprint density at radius 2 is 1.53 bits per heavy atom. The second-order valence-electron chi connectivity index (χ2n) is 7.01. The van der Waals surface area contributed by atoms with Crippen molar-refractivity contribution in [3.05, 3.63) is 11.6 Å². The third-order valence-electron chi connectivity index (χ3n) is 4.07. The van der Waals surface area contributed by atoms with Gasteiger partial charge in [0.15, 0.2) is 5.78 Å². The van der Waals surface area contributed by atoms with Crippen LogP contribution in [-0.4, -0.2) is 5.78 Å². The Hall–Kier alpha value is -0.590. The predicted molar refractivity (Wildman–Crippen MR) is 83.3 cm³/mol. The van der Waals surface area contributed by atoms with Crippen LogP contribution in [0.5, 0.6) is 0 Å². The van der Waals surface area contributed by atoms with Gasteiger partial charge in [-0.1, -0.05) is 71.3 Å². The van der Waals surface area contributed by atoms with E-state index in [1.54, 1.807) is 0 Å². The number of rotatable bonds is 9. The first-order valence-electron chi connectivity index (χ1n) is 8.26. The number of hydrogen-bond donors (Lipinski definition) is 0. The van der Waals surface area contributed by atoms with E-state index in [2.05, 4.69) is 20.8 Å². The van der Waals surface area contributed by atoms with Crippen molar-refractivity contribution in [2.45, 2.75) is 91.4 Å². The lowest BCUT2D eigenvalue weighted by molar-refractivity contribution is -0.117. The summed E-state index contributed by atoms with van der Waals surface area (Å²) in [6.45, 7) is 6.69. The number of carbonyl (C=O) groups is 1. The third kappa shape index (κ3) is 7.54. The fourth-order valence-electron chi connectivity index (χ4n) is 3.13. The van der Waals surface area contributed by atoms with E-state index in [0.29, 0.717) is 5.78 Å². The van der Waals surface area contributed by atoms with E-state index < -0.39 is 0 Å². The molecule has 0 N–H and O–H groups in total. The molecule has 1 heteroatoms. The van der Waals surface area contributed by atoms with Crippen molar-refractivity contribution in [2.24, 2.45) is 5.41 Å². The monoisotopic (exact) mass is 264 g/mol. The second kappa shape index (κ2) is 8.55. The van der Waals surface area contributed by atoms with Crippen LogP contribution in [0.4, 0.5) is 0 Å². The lowest BCUT2D eigenvalue weighted by Gasteiger charge is -2.28. The van der Waals surface area contributed by atoms with Gasteiger partial charge in [0.2, 0.25) is 0 Å². The molecule has 0 amide bonds. The highest BCUT2D eigenvalue weighted by Gasteiger charge is 2.26. The molecule has 0 bridgehead atoms. The highest BCUT2D eigenvalue weighted by Crippen LogP contribution is 2.35. The van der Waals surface area contributed by atoms with Crippen LogP contribution in [0, 0.1) is 5.41 Å². The first-order valence-corrected chi connectivity index (χ1v) is 8.26. The van der Waals surface area contributed by atoms with Crippen LogP contribution < -0.4 is 0 Å². The fraction of sp³-hybridized carbons (Fsp3) is 0.833. The SMILES string of the molecule is CCCCCCCCCCC1=CC(=O)CC(C)(C)C1. The summed E-state index contributed by atoms with van der Waals surface area (Å²) in [4.78, 5) is 11.6. The highest BCUT2D eigenvalue weighted by atomic mass is 16.1. The van der Waals surface area contributed by atoms with Gasteiger partial charge in [0.1, 0.15) is 0 Å². The minimum Gasteiger partial charge on any atom is -0.295 e. The fourth-order valence-corrected chi connectivity index (χ4v) is 3.13. The summed E-state index contributed by atoms with van der Waals surface area (Å²) in [5, 5.41) is 0. The van der Waals surface area contributed by atoms with E-state index >= 15 is 0 Å². The molecular weight excluding hydrogens is 232 g/mol. The molecule has 110 valence electrons. The standard InChI is InChI=1S/C18H32O/c1-4-5-6-7-8-9-10-11-12-16-13-17(19)15-18(2,3)14-16/h13H,4-12,14-15H2,1-3H3. The van der Waals surface area contributed by atoms with Gasteiger partial charge >= 0.3 is 0 Å². The predicted octanol–water partition coefficient (Wildman–Crippen LogP) is 5.83. The summed E-state index contributed by atoms with van der Waals surface area (Å²) in [6, 6.07) is 0. The van der Waals surface area contributed by atoms with Crippen LogP contribution in [0.15, 0.2) is 11.6 Å².